The molecule has 3 aromatic rings. The molecule has 1 fully saturated rings. The van der Waals surface area contributed by atoms with Crippen molar-refractivity contribution in [2.24, 2.45) is 5.92 Å². The van der Waals surface area contributed by atoms with Crippen LogP contribution in [0.25, 0.3) is 10.9 Å². The van der Waals surface area contributed by atoms with E-state index in [2.05, 4.69) is 10.3 Å². The van der Waals surface area contributed by atoms with Crippen molar-refractivity contribution in [3.05, 3.63) is 71.4 Å². The van der Waals surface area contributed by atoms with Crippen LogP contribution in [0.5, 0.6) is 5.75 Å². The first-order chi connectivity index (χ1) is 15.9. The van der Waals surface area contributed by atoms with E-state index in [1.165, 1.54) is 0 Å². The summed E-state index contributed by atoms with van der Waals surface area (Å²) in [4.78, 5) is 31.3. The molecule has 8 nitrogen and oxygen atoms in total. The number of nitrogens with one attached hydrogen (secondary N) is 2. The van der Waals surface area contributed by atoms with Crippen molar-refractivity contribution < 1.29 is 19.5 Å². The van der Waals surface area contributed by atoms with Gasteiger partial charge in [0.15, 0.2) is 0 Å². The zero-order valence-electron chi connectivity index (χ0n) is 18.7. The largest absolute Gasteiger partial charge is 0.489 e. The van der Waals surface area contributed by atoms with E-state index in [1.807, 2.05) is 49.2 Å². The van der Waals surface area contributed by atoms with Gasteiger partial charge in [0.2, 0.25) is 5.91 Å². The normalized spacial score (nSPS) is 18.6. The zero-order chi connectivity index (χ0) is 23.4. The number of amides is 2. The van der Waals surface area contributed by atoms with Gasteiger partial charge in [-0.05, 0) is 63.3 Å². The third kappa shape index (κ3) is 5.30. The molecule has 172 valence electrons. The Hall–Kier alpha value is -3.49. The van der Waals surface area contributed by atoms with Gasteiger partial charge in [-0.2, -0.15) is 0 Å². The highest BCUT2D eigenvalue weighted by Gasteiger charge is 2.34. The monoisotopic (exact) mass is 448 g/mol. The zero-order valence-corrected chi connectivity index (χ0v) is 18.7. The smallest absolute Gasteiger partial charge is 0.251 e. The average molecular weight is 449 g/mol. The number of fused-ring (bicyclic) bond motifs is 1. The third-order valence-corrected chi connectivity index (χ3v) is 6.02. The van der Waals surface area contributed by atoms with Crippen LogP contribution in [0.2, 0.25) is 0 Å². The predicted molar refractivity (Wildman–Crippen MR) is 124 cm³/mol. The average Bonchev–Trinajstić information content (AvgIpc) is 2.83. The van der Waals surface area contributed by atoms with Crippen LogP contribution in [0.15, 0.2) is 54.6 Å². The minimum Gasteiger partial charge on any atom is -0.489 e. The molecule has 2 unspecified atom stereocenters. The van der Waals surface area contributed by atoms with E-state index in [0.29, 0.717) is 30.9 Å². The molecule has 1 aliphatic heterocycles. The molecule has 2 atom stereocenters. The number of aryl methyl sites for hydroxylation is 1. The Balaban J connectivity index is 1.40. The Morgan fingerprint density at radius 2 is 1.94 bits per heavy atom. The Morgan fingerprint density at radius 1 is 1.18 bits per heavy atom. The van der Waals surface area contributed by atoms with Gasteiger partial charge in [0, 0.05) is 34.8 Å². The second-order valence-electron chi connectivity index (χ2n) is 8.47. The number of carbonyl (C=O) groups excluding carboxylic acids is 2. The maximum absolute atomic E-state index is 12.8. The van der Waals surface area contributed by atoms with Crippen LogP contribution in [0.3, 0.4) is 0 Å². The molecule has 0 spiro atoms. The predicted octanol–water partition coefficient (Wildman–Crippen LogP) is 2.68. The van der Waals surface area contributed by atoms with E-state index in [4.69, 9.17) is 9.94 Å². The minimum atomic E-state index is -0.515. The second kappa shape index (κ2) is 9.97. The molecule has 0 aliphatic carbocycles. The number of carbonyl (C=O) groups is 2. The summed E-state index contributed by atoms with van der Waals surface area (Å²) in [5.74, 6) is -0.613. The number of nitrogens with zero attached hydrogens (tertiary/aromatic N) is 2. The highest BCUT2D eigenvalue weighted by atomic mass is 16.5. The fraction of sp³-hybridized carbons (Fsp3) is 0.320. The summed E-state index contributed by atoms with van der Waals surface area (Å²) in [6.07, 6.45) is 0.626. The van der Waals surface area contributed by atoms with Crippen LogP contribution in [0.1, 0.15) is 28.0 Å². The van der Waals surface area contributed by atoms with E-state index in [1.54, 1.807) is 29.7 Å². The molecule has 1 aromatic heterocycles. The number of hydrogen-bond acceptors (Lipinski definition) is 6. The van der Waals surface area contributed by atoms with Gasteiger partial charge in [-0.15, -0.1) is 0 Å². The molecule has 8 heteroatoms. The van der Waals surface area contributed by atoms with E-state index in [0.717, 1.165) is 28.7 Å². The number of ether oxygens (including phenoxy) is 1. The Bertz CT molecular complexity index is 1150. The lowest BCUT2D eigenvalue weighted by molar-refractivity contribution is -0.135. The van der Waals surface area contributed by atoms with Gasteiger partial charge in [0.25, 0.3) is 5.91 Å². The fourth-order valence-corrected chi connectivity index (χ4v) is 4.27. The number of pyridine rings is 1. The summed E-state index contributed by atoms with van der Waals surface area (Å²) in [6, 6.07) is 16.6. The van der Waals surface area contributed by atoms with Crippen molar-refractivity contribution in [1.82, 2.24) is 20.7 Å². The van der Waals surface area contributed by atoms with Gasteiger partial charge < -0.3 is 15.0 Å². The molecule has 3 N–H and O–H groups in total. The third-order valence-electron chi connectivity index (χ3n) is 6.02. The molecule has 0 saturated carbocycles. The van der Waals surface area contributed by atoms with Crippen molar-refractivity contribution in [1.29, 1.82) is 0 Å². The second-order valence-corrected chi connectivity index (χ2v) is 8.47. The molecule has 2 amide bonds. The van der Waals surface area contributed by atoms with Crippen LogP contribution in [0, 0.1) is 12.8 Å². The van der Waals surface area contributed by atoms with E-state index < -0.39 is 11.8 Å². The van der Waals surface area contributed by atoms with Gasteiger partial charge in [-0.1, -0.05) is 18.2 Å². The number of benzene rings is 2. The number of likely N-dealkylation sites (tertiary alicyclic amines) is 1. The first kappa shape index (κ1) is 22.7. The van der Waals surface area contributed by atoms with Gasteiger partial charge in [-0.25, -0.2) is 5.48 Å². The lowest BCUT2D eigenvalue weighted by atomic mass is 9.91. The first-order valence-corrected chi connectivity index (χ1v) is 11.0. The Morgan fingerprint density at radius 3 is 2.70 bits per heavy atom. The molecule has 2 heterocycles. The first-order valence-electron chi connectivity index (χ1n) is 11.0. The lowest BCUT2D eigenvalue weighted by Crippen LogP contribution is -2.54. The lowest BCUT2D eigenvalue weighted by Gasteiger charge is -2.35. The molecular formula is C25H28N4O4. The van der Waals surface area contributed by atoms with E-state index >= 15 is 0 Å². The van der Waals surface area contributed by atoms with E-state index in [9.17, 15) is 9.59 Å². The maximum atomic E-state index is 12.8. The summed E-state index contributed by atoms with van der Waals surface area (Å²) in [7, 11) is 1.91. The highest BCUT2D eigenvalue weighted by molar-refractivity contribution is 5.95. The SMILES string of the molecule is Cc1cc(COc2ccc(C(=O)NC3CCN(C)CC3C(=O)NO)cc2)c2ccccc2n1. The molecule has 0 radical (unpaired) electrons. The van der Waals surface area contributed by atoms with E-state index in [-0.39, 0.29) is 11.9 Å². The van der Waals surface area contributed by atoms with Crippen molar-refractivity contribution in [3.63, 3.8) is 0 Å². The fourth-order valence-electron chi connectivity index (χ4n) is 4.27. The van der Waals surface area contributed by atoms with Gasteiger partial charge in [0.05, 0.1) is 11.4 Å². The summed E-state index contributed by atoms with van der Waals surface area (Å²) < 4.78 is 5.97. The van der Waals surface area contributed by atoms with Crippen molar-refractivity contribution >= 4 is 22.7 Å². The number of aromatic nitrogens is 1. The molecule has 0 bridgehead atoms. The van der Waals surface area contributed by atoms with Crippen LogP contribution < -0.4 is 15.5 Å². The van der Waals surface area contributed by atoms with Gasteiger partial charge in [0.1, 0.15) is 12.4 Å². The summed E-state index contributed by atoms with van der Waals surface area (Å²) in [5, 5.41) is 13.0. The topological polar surface area (TPSA) is 104 Å². The van der Waals surface area contributed by atoms with Crippen molar-refractivity contribution in [2.45, 2.75) is 26.0 Å². The highest BCUT2D eigenvalue weighted by Crippen LogP contribution is 2.22. The van der Waals surface area contributed by atoms with Crippen molar-refractivity contribution in [2.75, 3.05) is 20.1 Å². The summed E-state index contributed by atoms with van der Waals surface area (Å²) in [5.41, 5.74) is 5.11. The summed E-state index contributed by atoms with van der Waals surface area (Å²) in [6.45, 7) is 3.58. The number of hydroxylamine groups is 1. The Labute approximate surface area is 192 Å². The molecule has 1 aliphatic rings. The van der Waals surface area contributed by atoms with Gasteiger partial charge in [-0.3, -0.25) is 19.8 Å². The molecular weight excluding hydrogens is 420 g/mol. The van der Waals surface area contributed by atoms with Crippen LogP contribution in [-0.4, -0.2) is 53.1 Å². The number of hydrogen-bond donors (Lipinski definition) is 3. The molecule has 2 aromatic carbocycles. The summed E-state index contributed by atoms with van der Waals surface area (Å²) >= 11 is 0. The number of para-hydroxylation sites is 1. The van der Waals surface area contributed by atoms with Crippen LogP contribution in [0.4, 0.5) is 0 Å². The molecule has 33 heavy (non-hydrogen) atoms. The molecule has 4 rings (SSSR count). The Kier molecular flexibility index (Phi) is 6.86. The number of rotatable bonds is 6. The van der Waals surface area contributed by atoms with Crippen LogP contribution in [-0.2, 0) is 11.4 Å². The molecule has 1 saturated heterocycles. The quantitative estimate of drug-likeness (QED) is 0.396. The van der Waals surface area contributed by atoms with Crippen LogP contribution >= 0.6 is 0 Å². The maximum Gasteiger partial charge on any atom is 0.251 e. The standard InChI is InChI=1S/C25H28N4O4/c1-16-13-18(20-5-3-4-6-22(20)26-16)15-33-19-9-7-17(8-10-19)24(30)27-23-11-12-29(2)14-21(23)25(31)28-32/h3-10,13,21,23,32H,11-12,14-15H2,1-2H3,(H,27,30)(H,28,31). The number of piperidine rings is 1. The van der Waals surface area contributed by atoms with Crippen molar-refractivity contribution in [3.8, 4) is 5.75 Å². The van der Waals surface area contributed by atoms with Gasteiger partial charge >= 0.3 is 0 Å². The minimum absolute atomic E-state index is 0.261.